The number of aromatic hydroxyl groups is 1. The van der Waals surface area contributed by atoms with Crippen molar-refractivity contribution in [3.8, 4) is 11.5 Å². The van der Waals surface area contributed by atoms with E-state index in [9.17, 15) is 19.5 Å². The Bertz CT molecular complexity index is 1350. The Morgan fingerprint density at radius 2 is 1.62 bits per heavy atom. The summed E-state index contributed by atoms with van der Waals surface area (Å²) in [4.78, 5) is 44.2. The number of phenols is 1. The summed E-state index contributed by atoms with van der Waals surface area (Å²) in [6.45, 7) is 0.781. The van der Waals surface area contributed by atoms with Crippen molar-refractivity contribution < 1.29 is 24.2 Å². The molecule has 0 radical (unpaired) electrons. The highest BCUT2D eigenvalue weighted by Crippen LogP contribution is 2.29. The molecule has 0 aromatic heterocycles. The lowest BCUT2D eigenvalue weighted by atomic mass is 9.98. The van der Waals surface area contributed by atoms with Crippen molar-refractivity contribution in [2.24, 2.45) is 0 Å². The molecule has 40 heavy (non-hydrogen) atoms. The zero-order valence-corrected chi connectivity index (χ0v) is 22.6. The van der Waals surface area contributed by atoms with Crippen molar-refractivity contribution in [1.82, 2.24) is 25.1 Å². The molecule has 2 unspecified atom stereocenters. The summed E-state index contributed by atoms with van der Waals surface area (Å²) in [6, 6.07) is 22.5. The lowest BCUT2D eigenvalue weighted by molar-refractivity contribution is -0.187. The van der Waals surface area contributed by atoms with Crippen LogP contribution in [0.3, 0.4) is 0 Å². The van der Waals surface area contributed by atoms with Crippen LogP contribution in [-0.2, 0) is 29.1 Å². The van der Waals surface area contributed by atoms with E-state index in [4.69, 9.17) is 4.74 Å². The maximum absolute atomic E-state index is 13.9. The molecule has 2 aliphatic rings. The normalized spacial score (nSPS) is 19.4. The molecule has 5 rings (SSSR count). The van der Waals surface area contributed by atoms with Crippen LogP contribution in [0.1, 0.15) is 16.7 Å². The lowest BCUT2D eigenvalue weighted by Crippen LogP contribution is -2.76. The van der Waals surface area contributed by atoms with Gasteiger partial charge in [-0.1, -0.05) is 54.6 Å². The van der Waals surface area contributed by atoms with Crippen LogP contribution in [0.15, 0.2) is 78.9 Å². The highest BCUT2D eigenvalue weighted by molar-refractivity contribution is 5.91. The highest BCUT2D eigenvalue weighted by Gasteiger charge is 2.50. The summed E-state index contributed by atoms with van der Waals surface area (Å²) in [5, 5.41) is 15.9. The van der Waals surface area contributed by atoms with E-state index in [2.05, 4.69) is 5.32 Å². The molecule has 208 valence electrons. The van der Waals surface area contributed by atoms with Crippen molar-refractivity contribution in [3.63, 3.8) is 0 Å². The molecule has 2 heterocycles. The first kappa shape index (κ1) is 27.0. The van der Waals surface area contributed by atoms with E-state index in [-0.39, 0.29) is 49.7 Å². The number of benzene rings is 3. The van der Waals surface area contributed by atoms with Gasteiger partial charge < -0.3 is 25.0 Å². The van der Waals surface area contributed by atoms with Gasteiger partial charge in [0, 0.05) is 26.6 Å². The number of likely N-dealkylation sites (N-methyl/N-ethyl adjacent to an activating group) is 1. The molecular formula is C30H33N5O5. The Morgan fingerprint density at radius 1 is 0.950 bits per heavy atom. The molecule has 0 bridgehead atoms. The minimum Gasteiger partial charge on any atom is -0.508 e. The first-order chi connectivity index (χ1) is 19.3. The second-order valence-electron chi connectivity index (χ2n) is 10.0. The zero-order chi connectivity index (χ0) is 28.2. The van der Waals surface area contributed by atoms with Gasteiger partial charge in [-0.2, -0.15) is 0 Å². The van der Waals surface area contributed by atoms with Crippen molar-refractivity contribution in [2.75, 3.05) is 27.2 Å². The van der Waals surface area contributed by atoms with E-state index in [0.717, 1.165) is 22.4 Å². The number of ether oxygens (including phenoxy) is 1. The van der Waals surface area contributed by atoms with Gasteiger partial charge in [0.25, 0.3) is 0 Å². The largest absolute Gasteiger partial charge is 0.508 e. The van der Waals surface area contributed by atoms with Crippen molar-refractivity contribution in [3.05, 3.63) is 95.6 Å². The molecule has 0 saturated carbocycles. The smallest absolute Gasteiger partial charge is 0.334 e. The lowest BCUT2D eigenvalue weighted by Gasteiger charge is -2.54. The zero-order valence-electron chi connectivity index (χ0n) is 22.6. The molecule has 0 aliphatic carbocycles. The minimum absolute atomic E-state index is 0.0372. The van der Waals surface area contributed by atoms with Gasteiger partial charge in [0.2, 0.25) is 11.8 Å². The van der Waals surface area contributed by atoms with Crippen LogP contribution in [-0.4, -0.2) is 82.2 Å². The number of rotatable bonds is 7. The summed E-state index contributed by atoms with van der Waals surface area (Å²) in [5.74, 6) is 0.454. The Balaban J connectivity index is 1.42. The maximum atomic E-state index is 13.9. The summed E-state index contributed by atoms with van der Waals surface area (Å²) in [5.41, 5.74) is 2.66. The summed E-state index contributed by atoms with van der Waals surface area (Å²) < 4.78 is 5.21. The van der Waals surface area contributed by atoms with Gasteiger partial charge in [0.15, 0.2) is 0 Å². The summed E-state index contributed by atoms with van der Waals surface area (Å²) in [7, 11) is 3.30. The van der Waals surface area contributed by atoms with E-state index in [1.165, 1.54) is 0 Å². The second kappa shape index (κ2) is 11.7. The first-order valence-electron chi connectivity index (χ1n) is 13.2. The Kier molecular flexibility index (Phi) is 7.88. The number of carbonyl (C=O) groups excluding carboxylic acids is 3. The molecule has 2 saturated heterocycles. The van der Waals surface area contributed by atoms with Crippen LogP contribution in [0.2, 0.25) is 0 Å². The van der Waals surface area contributed by atoms with E-state index in [0.29, 0.717) is 6.54 Å². The number of nitrogens with zero attached hydrogens (tertiary/aromatic N) is 4. The molecule has 2 fully saturated rings. The molecule has 3 aromatic carbocycles. The van der Waals surface area contributed by atoms with Crippen LogP contribution in [0.25, 0.3) is 0 Å². The van der Waals surface area contributed by atoms with Gasteiger partial charge in [-0.05, 0) is 41.0 Å². The molecule has 10 nitrogen and oxygen atoms in total. The highest BCUT2D eigenvalue weighted by atomic mass is 16.5. The average molecular weight is 544 g/mol. The molecule has 10 heteroatoms. The van der Waals surface area contributed by atoms with E-state index >= 15 is 0 Å². The molecule has 2 N–H and O–H groups in total. The van der Waals surface area contributed by atoms with Crippen LogP contribution >= 0.6 is 0 Å². The van der Waals surface area contributed by atoms with Gasteiger partial charge in [0.1, 0.15) is 23.7 Å². The number of amides is 4. The fraction of sp³-hybridized carbons (Fsp3) is 0.300. The summed E-state index contributed by atoms with van der Waals surface area (Å²) in [6.07, 6.45) is -0.428. The topological polar surface area (TPSA) is 106 Å². The number of phenolic OH excluding ortho intramolecular Hbond substituents is 1. The van der Waals surface area contributed by atoms with E-state index in [1.54, 1.807) is 58.2 Å². The number of urea groups is 1. The standard InChI is InChI=1S/C30H33N5O5/c1-32-20-28(37)34-26(16-21-8-12-24(36)13-9-21)29(38)33(18-23-6-4-3-5-7-23)19-27(34)35(32)30(39)31-17-22-10-14-25(40-2)15-11-22/h3-15,26-27,36H,16-20H2,1-2H3,(H,31,39). The molecule has 0 spiro atoms. The van der Waals surface area contributed by atoms with Gasteiger partial charge >= 0.3 is 6.03 Å². The van der Waals surface area contributed by atoms with Crippen molar-refractivity contribution >= 4 is 17.8 Å². The number of hydrogen-bond donors (Lipinski definition) is 2. The van der Waals surface area contributed by atoms with Crippen LogP contribution < -0.4 is 10.1 Å². The first-order valence-corrected chi connectivity index (χ1v) is 13.2. The van der Waals surface area contributed by atoms with Crippen molar-refractivity contribution in [1.29, 1.82) is 0 Å². The number of piperazine rings is 1. The van der Waals surface area contributed by atoms with E-state index in [1.807, 2.05) is 54.6 Å². The predicted molar refractivity (Wildman–Crippen MR) is 148 cm³/mol. The number of fused-ring (bicyclic) bond motifs is 1. The molecule has 4 amide bonds. The third-order valence-corrected chi connectivity index (χ3v) is 7.33. The third kappa shape index (κ3) is 5.72. The van der Waals surface area contributed by atoms with Gasteiger partial charge in [0.05, 0.1) is 20.2 Å². The molecular weight excluding hydrogens is 510 g/mol. The van der Waals surface area contributed by atoms with Crippen LogP contribution in [0, 0.1) is 0 Å². The molecule has 3 aromatic rings. The summed E-state index contributed by atoms with van der Waals surface area (Å²) >= 11 is 0. The van der Waals surface area contributed by atoms with Crippen LogP contribution in [0.5, 0.6) is 11.5 Å². The number of carbonyl (C=O) groups is 3. The second-order valence-corrected chi connectivity index (χ2v) is 10.0. The minimum atomic E-state index is -0.801. The Morgan fingerprint density at radius 3 is 2.30 bits per heavy atom. The Hall–Kier alpha value is -4.57. The number of methoxy groups -OCH3 is 1. The number of hydrazine groups is 1. The van der Waals surface area contributed by atoms with Gasteiger partial charge in [-0.3, -0.25) is 9.59 Å². The Labute approximate surface area is 233 Å². The number of nitrogens with one attached hydrogen (secondary N) is 1. The molecule has 2 atom stereocenters. The van der Waals surface area contributed by atoms with Gasteiger partial charge in [-0.25, -0.2) is 14.8 Å². The maximum Gasteiger partial charge on any atom is 0.334 e. The fourth-order valence-electron chi connectivity index (χ4n) is 5.31. The van der Waals surface area contributed by atoms with E-state index < -0.39 is 12.2 Å². The molecule has 2 aliphatic heterocycles. The monoisotopic (exact) mass is 543 g/mol. The third-order valence-electron chi connectivity index (χ3n) is 7.33. The SMILES string of the molecule is COc1ccc(CNC(=O)N2C3CN(Cc4ccccc4)C(=O)C(Cc4ccc(O)cc4)N3C(=O)CN2C)cc1. The average Bonchev–Trinajstić information content (AvgIpc) is 2.96. The van der Waals surface area contributed by atoms with Crippen LogP contribution in [0.4, 0.5) is 4.79 Å². The number of hydrogen-bond acceptors (Lipinski definition) is 6. The van der Waals surface area contributed by atoms with Crippen molar-refractivity contribution in [2.45, 2.75) is 31.7 Å². The quantitative estimate of drug-likeness (QED) is 0.475. The van der Waals surface area contributed by atoms with Gasteiger partial charge in [-0.15, -0.1) is 0 Å². The predicted octanol–water partition coefficient (Wildman–Crippen LogP) is 2.58. The fourth-order valence-corrected chi connectivity index (χ4v) is 5.31.